The molecule has 0 aliphatic carbocycles. The van der Waals surface area contributed by atoms with Crippen molar-refractivity contribution >= 4 is 10.0 Å². The molecular formula is C20H25FN2O3S. The molecule has 0 amide bonds. The fourth-order valence-corrected chi connectivity index (χ4v) is 4.25. The molecule has 146 valence electrons. The minimum atomic E-state index is -3.71. The highest BCUT2D eigenvalue weighted by atomic mass is 32.2. The van der Waals surface area contributed by atoms with Crippen LogP contribution in [0.2, 0.25) is 0 Å². The fourth-order valence-electron chi connectivity index (χ4n) is 3.21. The Labute approximate surface area is 160 Å². The lowest BCUT2D eigenvalue weighted by Gasteiger charge is -2.35. The van der Waals surface area contributed by atoms with E-state index in [9.17, 15) is 12.8 Å². The average Bonchev–Trinajstić information content (AvgIpc) is 2.70. The van der Waals surface area contributed by atoms with Crippen molar-refractivity contribution in [3.05, 3.63) is 65.5 Å². The first kappa shape index (κ1) is 19.9. The van der Waals surface area contributed by atoms with Gasteiger partial charge in [-0.2, -0.15) is 0 Å². The van der Waals surface area contributed by atoms with Crippen LogP contribution in [-0.2, 0) is 21.2 Å². The maximum absolute atomic E-state index is 13.1. The van der Waals surface area contributed by atoms with Gasteiger partial charge in [-0.3, -0.25) is 4.90 Å². The number of aryl methyl sites for hydroxylation is 1. The van der Waals surface area contributed by atoms with E-state index in [1.165, 1.54) is 17.7 Å². The normalized spacial score (nSPS) is 17.0. The van der Waals surface area contributed by atoms with Gasteiger partial charge in [-0.15, -0.1) is 0 Å². The minimum absolute atomic E-state index is 0.0611. The number of hydrogen-bond acceptors (Lipinski definition) is 4. The van der Waals surface area contributed by atoms with Gasteiger partial charge in [0.05, 0.1) is 18.1 Å². The molecule has 5 nitrogen and oxygen atoms in total. The van der Waals surface area contributed by atoms with Crippen molar-refractivity contribution in [3.63, 3.8) is 0 Å². The van der Waals surface area contributed by atoms with E-state index in [0.717, 1.165) is 37.2 Å². The van der Waals surface area contributed by atoms with Crippen LogP contribution in [0.1, 0.15) is 24.1 Å². The molecule has 0 spiro atoms. The number of nitrogens with one attached hydrogen (secondary N) is 1. The first-order valence-corrected chi connectivity index (χ1v) is 10.6. The molecule has 1 saturated heterocycles. The Balaban J connectivity index is 1.78. The van der Waals surface area contributed by atoms with E-state index in [1.54, 1.807) is 0 Å². The van der Waals surface area contributed by atoms with E-state index >= 15 is 0 Å². The zero-order chi connectivity index (χ0) is 19.3. The average molecular weight is 392 g/mol. The highest BCUT2D eigenvalue weighted by Gasteiger charge is 2.25. The zero-order valence-electron chi connectivity index (χ0n) is 15.4. The monoisotopic (exact) mass is 392 g/mol. The highest BCUT2D eigenvalue weighted by molar-refractivity contribution is 7.89. The fraction of sp³-hybridized carbons (Fsp3) is 0.400. The number of benzene rings is 2. The number of morpholine rings is 1. The second kappa shape index (κ2) is 8.93. The van der Waals surface area contributed by atoms with Crippen LogP contribution in [0.3, 0.4) is 0 Å². The molecular weight excluding hydrogens is 367 g/mol. The van der Waals surface area contributed by atoms with Crippen molar-refractivity contribution in [2.45, 2.75) is 24.3 Å². The Bertz CT molecular complexity index is 833. The third kappa shape index (κ3) is 5.13. The number of ether oxygens (including phenoxy) is 1. The summed E-state index contributed by atoms with van der Waals surface area (Å²) in [6.07, 6.45) is 0.958. The molecule has 7 heteroatoms. The van der Waals surface area contributed by atoms with Crippen LogP contribution in [-0.4, -0.2) is 46.2 Å². The Morgan fingerprint density at radius 2 is 1.70 bits per heavy atom. The molecule has 0 saturated carbocycles. The predicted octanol–water partition coefficient (Wildman–Crippen LogP) is 2.74. The predicted molar refractivity (Wildman–Crippen MR) is 103 cm³/mol. The number of rotatable bonds is 7. The van der Waals surface area contributed by atoms with E-state index in [-0.39, 0.29) is 17.5 Å². The number of sulfonamides is 1. The lowest BCUT2D eigenvalue weighted by Crippen LogP contribution is -2.43. The SMILES string of the molecule is CCc1ccc(C(CNS(=O)(=O)c2ccc(F)cc2)N2CCOCC2)cc1. The smallest absolute Gasteiger partial charge is 0.240 e. The van der Waals surface area contributed by atoms with Gasteiger partial charge in [0.25, 0.3) is 0 Å². The van der Waals surface area contributed by atoms with Crippen molar-refractivity contribution in [3.8, 4) is 0 Å². The van der Waals surface area contributed by atoms with Crippen LogP contribution in [0, 0.1) is 5.82 Å². The maximum Gasteiger partial charge on any atom is 0.240 e. The van der Waals surface area contributed by atoms with Gasteiger partial charge >= 0.3 is 0 Å². The second-order valence-corrected chi connectivity index (χ2v) is 8.33. The van der Waals surface area contributed by atoms with E-state index in [1.807, 2.05) is 0 Å². The summed E-state index contributed by atoms with van der Waals surface area (Å²) in [6, 6.07) is 13.0. The van der Waals surface area contributed by atoms with Crippen molar-refractivity contribution < 1.29 is 17.5 Å². The lowest BCUT2D eigenvalue weighted by molar-refractivity contribution is 0.0172. The molecule has 1 aliphatic rings. The molecule has 3 rings (SSSR count). The van der Waals surface area contributed by atoms with Gasteiger partial charge in [-0.05, 0) is 41.8 Å². The second-order valence-electron chi connectivity index (χ2n) is 6.57. The van der Waals surface area contributed by atoms with Crippen LogP contribution in [0.4, 0.5) is 4.39 Å². The van der Waals surface area contributed by atoms with E-state index in [2.05, 4.69) is 40.8 Å². The van der Waals surface area contributed by atoms with Gasteiger partial charge in [0.1, 0.15) is 5.82 Å². The van der Waals surface area contributed by atoms with Crippen molar-refractivity contribution in [1.29, 1.82) is 0 Å². The number of nitrogens with zero attached hydrogens (tertiary/aromatic N) is 1. The summed E-state index contributed by atoms with van der Waals surface area (Å²) in [5, 5.41) is 0. The maximum atomic E-state index is 13.1. The molecule has 0 radical (unpaired) electrons. The van der Waals surface area contributed by atoms with Crippen LogP contribution in [0.15, 0.2) is 53.4 Å². The topological polar surface area (TPSA) is 58.6 Å². The standard InChI is InChI=1S/C20H25FN2O3S/c1-2-16-3-5-17(6-4-16)20(23-11-13-26-14-12-23)15-22-27(24,25)19-9-7-18(21)8-10-19/h3-10,20,22H,2,11-15H2,1H3. The van der Waals surface area contributed by atoms with E-state index < -0.39 is 15.8 Å². The number of hydrogen-bond donors (Lipinski definition) is 1. The summed E-state index contributed by atoms with van der Waals surface area (Å²) in [5.41, 5.74) is 2.31. The molecule has 27 heavy (non-hydrogen) atoms. The summed E-state index contributed by atoms with van der Waals surface area (Å²) >= 11 is 0. The van der Waals surface area contributed by atoms with Gasteiger partial charge < -0.3 is 4.74 Å². The Kier molecular flexibility index (Phi) is 6.59. The molecule has 1 fully saturated rings. The van der Waals surface area contributed by atoms with Crippen molar-refractivity contribution in [2.24, 2.45) is 0 Å². The van der Waals surface area contributed by atoms with Crippen LogP contribution >= 0.6 is 0 Å². The summed E-state index contributed by atoms with van der Waals surface area (Å²) in [4.78, 5) is 2.29. The Morgan fingerprint density at radius 1 is 1.07 bits per heavy atom. The molecule has 1 N–H and O–H groups in total. The van der Waals surface area contributed by atoms with Gasteiger partial charge in [0, 0.05) is 25.7 Å². The molecule has 1 aliphatic heterocycles. The van der Waals surface area contributed by atoms with Crippen molar-refractivity contribution in [1.82, 2.24) is 9.62 Å². The summed E-state index contributed by atoms with van der Waals surface area (Å²) in [6.45, 7) is 5.11. The number of halogens is 1. The molecule has 2 aromatic carbocycles. The molecule has 1 atom stereocenters. The molecule has 1 heterocycles. The highest BCUT2D eigenvalue weighted by Crippen LogP contribution is 2.23. The largest absolute Gasteiger partial charge is 0.379 e. The third-order valence-corrected chi connectivity index (χ3v) is 6.29. The van der Waals surface area contributed by atoms with Crippen molar-refractivity contribution in [2.75, 3.05) is 32.8 Å². The summed E-state index contributed by atoms with van der Waals surface area (Å²) in [5.74, 6) is -0.462. The molecule has 2 aromatic rings. The lowest BCUT2D eigenvalue weighted by atomic mass is 10.0. The minimum Gasteiger partial charge on any atom is -0.379 e. The zero-order valence-corrected chi connectivity index (χ0v) is 16.2. The van der Waals surface area contributed by atoms with E-state index in [0.29, 0.717) is 13.2 Å². The summed E-state index contributed by atoms with van der Waals surface area (Å²) < 4.78 is 46.4. The Morgan fingerprint density at radius 3 is 2.30 bits per heavy atom. The van der Waals surface area contributed by atoms with Gasteiger partial charge in [0.2, 0.25) is 10.0 Å². The van der Waals surface area contributed by atoms with Crippen LogP contribution < -0.4 is 4.72 Å². The van der Waals surface area contributed by atoms with Gasteiger partial charge in [-0.25, -0.2) is 17.5 Å². The third-order valence-electron chi connectivity index (χ3n) is 4.85. The first-order chi connectivity index (χ1) is 13.0. The molecule has 1 unspecified atom stereocenters. The molecule has 0 aromatic heterocycles. The van der Waals surface area contributed by atoms with Gasteiger partial charge in [-0.1, -0.05) is 31.2 Å². The first-order valence-electron chi connectivity index (χ1n) is 9.15. The Hall–Kier alpha value is -1.80. The van der Waals surface area contributed by atoms with Crippen LogP contribution in [0.25, 0.3) is 0 Å². The molecule has 0 bridgehead atoms. The van der Waals surface area contributed by atoms with Gasteiger partial charge in [0.15, 0.2) is 0 Å². The quantitative estimate of drug-likeness (QED) is 0.787. The summed E-state index contributed by atoms with van der Waals surface area (Å²) in [7, 11) is -3.71. The van der Waals surface area contributed by atoms with E-state index in [4.69, 9.17) is 4.74 Å². The van der Waals surface area contributed by atoms with Crippen LogP contribution in [0.5, 0.6) is 0 Å².